The Morgan fingerprint density at radius 1 is 0.976 bits per heavy atom. The van der Waals surface area contributed by atoms with Gasteiger partial charge in [0.15, 0.2) is 0 Å². The topological polar surface area (TPSA) is 158 Å². The van der Waals surface area contributed by atoms with Gasteiger partial charge in [0.1, 0.15) is 11.4 Å². The smallest absolute Gasteiger partial charge is 0.260 e. The molecule has 0 radical (unpaired) electrons. The van der Waals surface area contributed by atoms with Crippen LogP contribution in [0.1, 0.15) is 36.0 Å². The van der Waals surface area contributed by atoms with E-state index in [0.717, 1.165) is 45.7 Å². The number of ether oxygens (including phenoxy) is 2. The van der Waals surface area contributed by atoms with Crippen molar-refractivity contribution < 1.29 is 27.8 Å². The van der Waals surface area contributed by atoms with Crippen LogP contribution in [0.25, 0.3) is 0 Å². The van der Waals surface area contributed by atoms with Crippen LogP contribution < -0.4 is 16.0 Å². The Morgan fingerprint density at radius 2 is 1.63 bits per heavy atom. The van der Waals surface area contributed by atoms with Crippen LogP contribution in [0.3, 0.4) is 0 Å². The molecule has 2 aromatic rings. The summed E-state index contributed by atoms with van der Waals surface area (Å²) in [5, 5.41) is 19.4. The number of amides is 1. The molecule has 224 valence electrons. The lowest BCUT2D eigenvalue weighted by molar-refractivity contribution is 0.0398. The van der Waals surface area contributed by atoms with E-state index in [1.54, 1.807) is 12.1 Å². The summed E-state index contributed by atoms with van der Waals surface area (Å²) >= 11 is 0. The summed E-state index contributed by atoms with van der Waals surface area (Å²) < 4.78 is 37.9. The molecular weight excluding hydrogens is 550 g/mol. The molecule has 3 fully saturated rings. The van der Waals surface area contributed by atoms with Crippen molar-refractivity contribution in [2.75, 3.05) is 81.6 Å². The van der Waals surface area contributed by atoms with Crippen LogP contribution in [-0.4, -0.2) is 116 Å². The SMILES string of the molecule is O=C(Nc1ccc(S(=O)(=O)N2CCOCC2)cc1)c1cnc(NCCN2CCOCC2)nc1N[C@H]1CC[C@H](O)CC1. The van der Waals surface area contributed by atoms with Gasteiger partial charge in [0, 0.05) is 57.2 Å². The van der Waals surface area contributed by atoms with Gasteiger partial charge in [-0.2, -0.15) is 9.29 Å². The Hall–Kier alpha value is -2.88. The van der Waals surface area contributed by atoms with Crippen LogP contribution in [0.4, 0.5) is 17.5 Å². The Bertz CT molecular complexity index is 1260. The highest BCUT2D eigenvalue weighted by atomic mass is 32.2. The lowest BCUT2D eigenvalue weighted by Gasteiger charge is -2.27. The molecular formula is C27H39N7O6S. The molecule has 1 amide bonds. The van der Waals surface area contributed by atoms with E-state index in [1.807, 2.05) is 0 Å². The summed E-state index contributed by atoms with van der Waals surface area (Å²) in [6.07, 6.45) is 4.12. The first-order chi connectivity index (χ1) is 19.9. The number of aliphatic hydroxyl groups is 1. The van der Waals surface area contributed by atoms with E-state index in [1.165, 1.54) is 22.6 Å². The zero-order valence-corrected chi connectivity index (χ0v) is 23.9. The zero-order chi connectivity index (χ0) is 28.7. The van der Waals surface area contributed by atoms with Crippen LogP contribution in [0.15, 0.2) is 35.4 Å². The first-order valence-corrected chi connectivity index (χ1v) is 15.7. The number of nitrogens with one attached hydrogen (secondary N) is 3. The minimum Gasteiger partial charge on any atom is -0.393 e. The van der Waals surface area contributed by atoms with E-state index < -0.39 is 15.9 Å². The average Bonchev–Trinajstić information content (AvgIpc) is 3.00. The summed E-state index contributed by atoms with van der Waals surface area (Å²) in [7, 11) is -3.63. The van der Waals surface area contributed by atoms with E-state index in [2.05, 4.69) is 30.8 Å². The molecule has 1 aliphatic carbocycles. The first-order valence-electron chi connectivity index (χ1n) is 14.2. The number of aromatic nitrogens is 2. The van der Waals surface area contributed by atoms with Crippen LogP contribution in [0.2, 0.25) is 0 Å². The summed E-state index contributed by atoms with van der Waals surface area (Å²) in [5.41, 5.74) is 0.732. The van der Waals surface area contributed by atoms with Gasteiger partial charge in [-0.3, -0.25) is 9.69 Å². The molecule has 0 spiro atoms. The Kier molecular flexibility index (Phi) is 10.0. The van der Waals surface area contributed by atoms with Crippen molar-refractivity contribution in [2.45, 2.75) is 42.7 Å². The van der Waals surface area contributed by atoms with E-state index in [0.29, 0.717) is 63.1 Å². The molecule has 2 saturated heterocycles. The molecule has 13 nitrogen and oxygen atoms in total. The molecule has 2 aliphatic heterocycles. The van der Waals surface area contributed by atoms with Crippen LogP contribution >= 0.6 is 0 Å². The van der Waals surface area contributed by atoms with Gasteiger partial charge < -0.3 is 30.5 Å². The van der Waals surface area contributed by atoms with E-state index >= 15 is 0 Å². The van der Waals surface area contributed by atoms with E-state index in [4.69, 9.17) is 9.47 Å². The van der Waals surface area contributed by atoms with Gasteiger partial charge in [0.05, 0.1) is 37.4 Å². The summed E-state index contributed by atoms with van der Waals surface area (Å²) in [6.45, 7) is 6.10. The number of benzene rings is 1. The number of sulfonamides is 1. The van der Waals surface area contributed by atoms with Gasteiger partial charge in [-0.05, 0) is 49.9 Å². The number of aliphatic hydroxyl groups excluding tert-OH is 1. The number of nitrogens with zero attached hydrogens (tertiary/aromatic N) is 4. The molecule has 1 aromatic heterocycles. The lowest BCUT2D eigenvalue weighted by Crippen LogP contribution is -2.40. The van der Waals surface area contributed by atoms with Crippen LogP contribution in [-0.2, 0) is 19.5 Å². The van der Waals surface area contributed by atoms with Crippen molar-refractivity contribution in [3.8, 4) is 0 Å². The van der Waals surface area contributed by atoms with Gasteiger partial charge in [0.25, 0.3) is 5.91 Å². The summed E-state index contributed by atoms with van der Waals surface area (Å²) in [4.78, 5) is 24.8. The van der Waals surface area contributed by atoms with Gasteiger partial charge in [-0.25, -0.2) is 13.4 Å². The van der Waals surface area contributed by atoms with Crippen molar-refractivity contribution in [1.29, 1.82) is 0 Å². The number of rotatable bonds is 10. The van der Waals surface area contributed by atoms with Gasteiger partial charge in [-0.1, -0.05) is 0 Å². The van der Waals surface area contributed by atoms with E-state index in [-0.39, 0.29) is 22.6 Å². The highest BCUT2D eigenvalue weighted by molar-refractivity contribution is 7.89. The third kappa shape index (κ3) is 7.90. The highest BCUT2D eigenvalue weighted by Crippen LogP contribution is 2.25. The molecule has 14 heteroatoms. The molecule has 5 rings (SSSR count). The molecule has 3 aliphatic rings. The maximum Gasteiger partial charge on any atom is 0.260 e. The molecule has 1 saturated carbocycles. The molecule has 3 heterocycles. The Labute approximate surface area is 240 Å². The Balaban J connectivity index is 1.26. The normalized spacial score (nSPS) is 22.7. The van der Waals surface area contributed by atoms with Gasteiger partial charge >= 0.3 is 0 Å². The summed E-state index contributed by atoms with van der Waals surface area (Å²) in [5.74, 6) is 0.428. The zero-order valence-electron chi connectivity index (χ0n) is 23.1. The quantitative estimate of drug-likeness (QED) is 0.316. The molecule has 0 unspecified atom stereocenters. The fraction of sp³-hybridized carbons (Fsp3) is 0.593. The minimum atomic E-state index is -3.63. The standard InChI is InChI=1S/C27H39N7O6S/c35-22-5-1-20(2-6-22)30-25-24(19-29-27(32-25)28-9-10-33-11-15-39-16-12-33)26(36)31-21-3-7-23(8-4-21)41(37,38)34-13-17-40-18-14-34/h3-4,7-8,19-20,22,35H,1-2,5-6,9-18H2,(H,31,36)(H2,28,29,30,32)/t20-,22-. The highest BCUT2D eigenvalue weighted by Gasteiger charge is 2.27. The van der Waals surface area contributed by atoms with E-state index in [9.17, 15) is 18.3 Å². The van der Waals surface area contributed by atoms with Crippen molar-refractivity contribution in [1.82, 2.24) is 19.2 Å². The minimum absolute atomic E-state index is 0.0747. The molecule has 41 heavy (non-hydrogen) atoms. The number of anilines is 3. The number of hydrogen-bond donors (Lipinski definition) is 4. The second-order valence-corrected chi connectivity index (χ2v) is 12.4. The predicted octanol–water partition coefficient (Wildman–Crippen LogP) is 1.21. The van der Waals surface area contributed by atoms with Crippen molar-refractivity contribution in [2.24, 2.45) is 0 Å². The first kappa shape index (κ1) is 29.6. The third-order valence-electron chi connectivity index (χ3n) is 7.61. The number of carbonyl (C=O) groups is 1. The fourth-order valence-electron chi connectivity index (χ4n) is 5.15. The fourth-order valence-corrected chi connectivity index (χ4v) is 6.56. The monoisotopic (exact) mass is 589 g/mol. The third-order valence-corrected chi connectivity index (χ3v) is 9.52. The molecule has 4 N–H and O–H groups in total. The lowest BCUT2D eigenvalue weighted by atomic mass is 9.93. The maximum atomic E-state index is 13.3. The number of carbonyl (C=O) groups excluding carboxylic acids is 1. The van der Waals surface area contributed by atoms with Crippen molar-refractivity contribution in [3.05, 3.63) is 36.0 Å². The molecule has 0 atom stereocenters. The predicted molar refractivity (Wildman–Crippen MR) is 154 cm³/mol. The van der Waals surface area contributed by atoms with Crippen molar-refractivity contribution in [3.63, 3.8) is 0 Å². The van der Waals surface area contributed by atoms with Gasteiger partial charge in [0.2, 0.25) is 16.0 Å². The average molecular weight is 590 g/mol. The van der Waals surface area contributed by atoms with Crippen LogP contribution in [0.5, 0.6) is 0 Å². The van der Waals surface area contributed by atoms with Gasteiger partial charge in [-0.15, -0.1) is 0 Å². The maximum absolute atomic E-state index is 13.3. The second-order valence-electron chi connectivity index (χ2n) is 10.5. The van der Waals surface area contributed by atoms with Crippen molar-refractivity contribution >= 4 is 33.4 Å². The number of morpholine rings is 2. The molecule has 1 aromatic carbocycles. The summed E-state index contributed by atoms with van der Waals surface area (Å²) in [6, 6.07) is 6.20. The largest absolute Gasteiger partial charge is 0.393 e. The van der Waals surface area contributed by atoms with Crippen LogP contribution in [0, 0.1) is 0 Å². The second kappa shape index (κ2) is 13.9. The Morgan fingerprint density at radius 3 is 2.32 bits per heavy atom. The number of hydrogen-bond acceptors (Lipinski definition) is 11. The molecule has 0 bridgehead atoms.